The molecule has 0 heterocycles. The zero-order chi connectivity index (χ0) is 0. The normalized spacial score (nSPS) is 0. The summed E-state index contributed by atoms with van der Waals surface area (Å²) in [5.74, 6) is 0. The molecule has 2 N–H and O–H groups in total. The van der Waals surface area contributed by atoms with E-state index in [0.29, 0.717) is 0 Å². The van der Waals surface area contributed by atoms with Gasteiger partial charge < -0.3 is 11.2 Å². The van der Waals surface area contributed by atoms with Crippen molar-refractivity contribution in [2.75, 3.05) is 0 Å². The zero-order valence-electron chi connectivity index (χ0n) is 5.91. The van der Waals surface area contributed by atoms with E-state index in [1.165, 1.54) is 0 Å². The van der Waals surface area contributed by atoms with Crippen molar-refractivity contribution in [1.29, 1.82) is 0 Å². The molecule has 0 saturated heterocycles. The van der Waals surface area contributed by atoms with Gasteiger partial charge in [-0.05, 0) is 11.0 Å². The fourth-order valence-corrected chi connectivity index (χ4v) is 0. The summed E-state index contributed by atoms with van der Waals surface area (Å²) in [6, 6.07) is 0. The summed E-state index contributed by atoms with van der Waals surface area (Å²) in [6.07, 6.45) is 0. The Balaban J connectivity index is 0. The molecule has 1 nitrogen and oxygen atoms in total. The molecular formula is H13AlCaMgOSi. The van der Waals surface area contributed by atoms with Crippen LogP contribution >= 0.6 is 0 Å². The summed E-state index contributed by atoms with van der Waals surface area (Å²) < 4.78 is 0. The van der Waals surface area contributed by atoms with E-state index in [1.807, 2.05) is 0 Å². The van der Waals surface area contributed by atoms with Crippen LogP contribution < -0.4 is 0 Å². The predicted octanol–water partition coefficient (Wildman–Crippen LogP) is -3.77. The van der Waals surface area contributed by atoms with Gasteiger partial charge in [-0.1, -0.05) is 0 Å². The van der Waals surface area contributed by atoms with Gasteiger partial charge in [-0.25, -0.2) is 0 Å². The van der Waals surface area contributed by atoms with Gasteiger partial charge in [0.15, 0.2) is 17.4 Å². The summed E-state index contributed by atoms with van der Waals surface area (Å²) in [5.41, 5.74) is 0. The third kappa shape index (κ3) is 20.2. The van der Waals surface area contributed by atoms with Crippen molar-refractivity contribution in [2.24, 2.45) is 0 Å². The number of hydrogen-bond donors (Lipinski definition) is 0. The van der Waals surface area contributed by atoms with Gasteiger partial charge in [-0.3, -0.25) is 0 Å². The van der Waals surface area contributed by atoms with Gasteiger partial charge in [-0.2, -0.15) is 0 Å². The van der Waals surface area contributed by atoms with Crippen LogP contribution in [-0.2, 0) is 0 Å². The topological polar surface area (TPSA) is 31.5 Å². The van der Waals surface area contributed by atoms with Crippen LogP contribution in [0, 0.1) is 0 Å². The van der Waals surface area contributed by atoms with Gasteiger partial charge in [-0.15, -0.1) is 0 Å². The molecule has 0 rings (SSSR count). The first-order valence-corrected chi connectivity index (χ1v) is 0. The Kier molecular flexibility index (Phi) is 278. The Morgan fingerprint density at radius 3 is 1.20 bits per heavy atom. The first kappa shape index (κ1) is 46.9. The van der Waals surface area contributed by atoms with Gasteiger partial charge in [0, 0.05) is 0 Å². The molecule has 0 unspecified atom stereocenters. The average molecular weight is 149 g/mol. The molecule has 30 valence electrons. The maximum Gasteiger partial charge on any atom is 2.00 e. The molecule has 0 fully saturated rings. The van der Waals surface area contributed by atoms with Crippen molar-refractivity contribution in [1.82, 2.24) is 0 Å². The van der Waals surface area contributed by atoms with Crippen molar-refractivity contribution >= 4 is 89.1 Å². The third-order valence-electron chi connectivity index (χ3n) is 0. The Morgan fingerprint density at radius 2 is 1.20 bits per heavy atom. The van der Waals surface area contributed by atoms with Crippen molar-refractivity contribution in [3.63, 3.8) is 0 Å². The Labute approximate surface area is 98.8 Å². The largest absolute Gasteiger partial charge is 2.00 e. The van der Waals surface area contributed by atoms with E-state index in [2.05, 4.69) is 0 Å². The second-order valence-corrected chi connectivity index (χ2v) is 0. The Bertz CT molecular complexity index is 20.5. The van der Waals surface area contributed by atoms with Crippen LogP contribution in [0.15, 0.2) is 0 Å². The first-order chi connectivity index (χ1) is 0. The minimum Gasteiger partial charge on any atom is -1.00 e. The summed E-state index contributed by atoms with van der Waals surface area (Å²) in [7, 11) is 0. The van der Waals surface area contributed by atoms with Crippen LogP contribution in [0.25, 0.3) is 0 Å². The first-order valence-electron chi connectivity index (χ1n) is 0. The molecule has 5 heteroatoms. The maximum absolute atomic E-state index is 0. The predicted molar refractivity (Wildman–Crippen MR) is 40.8 cm³/mol. The number of rotatable bonds is 0. The SMILES string of the molecule is O.[AlH3].[Ca+2].[H-].[H-].[H-].[H-].[Mg+2].[SiH4]. The van der Waals surface area contributed by atoms with Crippen LogP contribution in [-0.4, -0.2) is 94.6 Å². The molecule has 0 atom stereocenters. The molecule has 0 aromatic carbocycles. The van der Waals surface area contributed by atoms with Gasteiger partial charge in [0.2, 0.25) is 0 Å². The van der Waals surface area contributed by atoms with Crippen LogP contribution in [0.1, 0.15) is 5.71 Å². The molecule has 0 radical (unpaired) electrons. The van der Waals surface area contributed by atoms with Gasteiger partial charge >= 0.3 is 60.8 Å². The molecule has 0 saturated carbocycles. The smallest absolute Gasteiger partial charge is 1.00 e. The minimum atomic E-state index is 0. The van der Waals surface area contributed by atoms with E-state index >= 15 is 0 Å². The van der Waals surface area contributed by atoms with Crippen LogP contribution in [0.5, 0.6) is 0 Å². The monoisotopic (exact) mass is 148 g/mol. The molecule has 0 bridgehead atoms. The van der Waals surface area contributed by atoms with E-state index in [-0.39, 0.29) is 100 Å². The van der Waals surface area contributed by atoms with Gasteiger partial charge in [0.05, 0.1) is 0 Å². The molecule has 0 amide bonds. The van der Waals surface area contributed by atoms with Gasteiger partial charge in [0.25, 0.3) is 0 Å². The molecule has 0 aliphatic rings. The minimum absolute atomic E-state index is 0. The summed E-state index contributed by atoms with van der Waals surface area (Å²) in [5, 5.41) is 0. The van der Waals surface area contributed by atoms with Crippen LogP contribution in [0.4, 0.5) is 0 Å². The molecular weight excluding hydrogens is 135 g/mol. The summed E-state index contributed by atoms with van der Waals surface area (Å²) in [6.45, 7) is 0. The third-order valence-corrected chi connectivity index (χ3v) is 0. The standard InChI is InChI=1S/Al.Ca.Mg.H2O.H4Si.7H/h;;;1H2;1H4;;;;;;;/q;2*+2;;;;;;4*-1. The summed E-state index contributed by atoms with van der Waals surface area (Å²) >= 11 is 0. The Hall–Kier alpha value is 2.74. The molecule has 0 aromatic rings. The van der Waals surface area contributed by atoms with Crippen LogP contribution in [0.2, 0.25) is 0 Å². The van der Waals surface area contributed by atoms with Crippen molar-refractivity contribution in [3.05, 3.63) is 0 Å². The molecule has 0 spiro atoms. The maximum atomic E-state index is 0. The van der Waals surface area contributed by atoms with E-state index in [0.717, 1.165) is 0 Å². The molecule has 0 aliphatic carbocycles. The molecule has 0 aromatic heterocycles. The van der Waals surface area contributed by atoms with Crippen molar-refractivity contribution < 1.29 is 11.2 Å². The quantitative estimate of drug-likeness (QED) is 0.316. The van der Waals surface area contributed by atoms with Gasteiger partial charge in [0.1, 0.15) is 0 Å². The van der Waals surface area contributed by atoms with Crippen molar-refractivity contribution in [2.45, 2.75) is 0 Å². The second kappa shape index (κ2) is 29.6. The fraction of sp³-hybridized carbons (Fsp3) is 0. The molecule has 0 aliphatic heterocycles. The fourth-order valence-electron chi connectivity index (χ4n) is 0. The summed E-state index contributed by atoms with van der Waals surface area (Å²) in [4.78, 5) is 0. The number of hydrogen-bond acceptors (Lipinski definition) is 0. The van der Waals surface area contributed by atoms with Crippen molar-refractivity contribution in [3.8, 4) is 0 Å². The zero-order valence-corrected chi connectivity index (χ0v) is 5.54. The van der Waals surface area contributed by atoms with E-state index in [1.54, 1.807) is 0 Å². The van der Waals surface area contributed by atoms with E-state index in [4.69, 9.17) is 0 Å². The Morgan fingerprint density at radius 1 is 1.20 bits per heavy atom. The average Bonchev–Trinajstić information content (AvgIpc) is 0. The second-order valence-electron chi connectivity index (χ2n) is 0. The van der Waals surface area contributed by atoms with Crippen LogP contribution in [0.3, 0.4) is 0 Å². The van der Waals surface area contributed by atoms with E-state index in [9.17, 15) is 0 Å². The van der Waals surface area contributed by atoms with E-state index < -0.39 is 0 Å². The molecule has 5 heavy (non-hydrogen) atoms.